The third-order valence-corrected chi connectivity index (χ3v) is 11.9. The molecule has 3 N–H and O–H groups in total. The number of hydrogen-bond donors (Lipinski definition) is 3. The van der Waals surface area contributed by atoms with E-state index in [1.54, 1.807) is 6.08 Å². The Labute approximate surface area is 440 Å². The van der Waals surface area contributed by atoms with Crippen molar-refractivity contribution in [2.45, 2.75) is 237 Å². The molecule has 1 rings (SSSR count). The first-order valence-electron chi connectivity index (χ1n) is 27.9. The smallest absolute Gasteiger partial charge is 0.335 e. The van der Waals surface area contributed by atoms with Crippen molar-refractivity contribution in [1.82, 2.24) is 0 Å². The largest absolute Gasteiger partial charge is 0.479 e. The zero-order chi connectivity index (χ0) is 53.3. The highest BCUT2D eigenvalue weighted by Gasteiger charge is 2.50. The number of carboxylic acid groups (broad SMARTS) is 1. The number of carboxylic acids is 1. The lowest BCUT2D eigenvalue weighted by Gasteiger charge is -2.40. The molecule has 0 spiro atoms. The first kappa shape index (κ1) is 66.4. The average Bonchev–Trinajstić information content (AvgIpc) is 3.37. The van der Waals surface area contributed by atoms with Crippen molar-refractivity contribution in [1.29, 1.82) is 0 Å². The van der Waals surface area contributed by atoms with Crippen molar-refractivity contribution in [3.8, 4) is 0 Å². The van der Waals surface area contributed by atoms with Crippen LogP contribution in [0.2, 0.25) is 0 Å². The summed E-state index contributed by atoms with van der Waals surface area (Å²) in [4.78, 5) is 50.9. The minimum atomic E-state index is -1.93. The van der Waals surface area contributed by atoms with Crippen LogP contribution >= 0.6 is 0 Å². The van der Waals surface area contributed by atoms with E-state index in [1.807, 2.05) is 36.5 Å². The lowest BCUT2D eigenvalue weighted by atomic mass is 9.98. The number of aliphatic carboxylic acids is 1. The normalized spacial score (nSPS) is 19.2. The zero-order valence-electron chi connectivity index (χ0n) is 45.1. The summed E-state index contributed by atoms with van der Waals surface area (Å²) >= 11 is 0. The summed E-state index contributed by atoms with van der Waals surface area (Å²) in [5.41, 5.74) is 0. The lowest BCUT2D eigenvalue weighted by molar-refractivity contribution is -0.301. The summed E-state index contributed by atoms with van der Waals surface area (Å²) in [5, 5.41) is 31.4. The maximum atomic E-state index is 13.1. The Bertz CT molecular complexity index is 1690. The molecule has 412 valence electrons. The van der Waals surface area contributed by atoms with Crippen molar-refractivity contribution in [2.75, 3.05) is 13.2 Å². The number of aliphatic hydroxyl groups excluding tert-OH is 2. The second-order valence-electron chi connectivity index (χ2n) is 18.5. The number of allylic oxidation sites excluding steroid dienone is 17. The minimum absolute atomic E-state index is 0.0180. The predicted molar refractivity (Wildman–Crippen MR) is 294 cm³/mol. The van der Waals surface area contributed by atoms with Crippen LogP contribution in [0.25, 0.3) is 0 Å². The van der Waals surface area contributed by atoms with Gasteiger partial charge in [0.25, 0.3) is 0 Å². The maximum absolute atomic E-state index is 13.1. The molecule has 1 aliphatic rings. The molecule has 0 aromatic rings. The lowest BCUT2D eigenvalue weighted by Crippen LogP contribution is -2.61. The molecule has 1 heterocycles. The zero-order valence-corrected chi connectivity index (χ0v) is 45.1. The van der Waals surface area contributed by atoms with Gasteiger partial charge in [-0.15, -0.1) is 0 Å². The van der Waals surface area contributed by atoms with E-state index >= 15 is 0 Å². The Kier molecular flexibility index (Phi) is 44.0. The van der Waals surface area contributed by atoms with Gasteiger partial charge >= 0.3 is 23.9 Å². The van der Waals surface area contributed by atoms with E-state index in [-0.39, 0.29) is 19.3 Å². The van der Waals surface area contributed by atoms with Gasteiger partial charge in [-0.3, -0.25) is 14.4 Å². The van der Waals surface area contributed by atoms with Crippen molar-refractivity contribution < 1.29 is 58.2 Å². The van der Waals surface area contributed by atoms with E-state index in [1.165, 1.54) is 64.2 Å². The first-order chi connectivity index (χ1) is 35.6. The Hall–Kier alpha value is -4.62. The van der Waals surface area contributed by atoms with E-state index in [0.717, 1.165) is 70.6 Å². The summed E-state index contributed by atoms with van der Waals surface area (Å²) in [6.45, 7) is 5.59. The molecule has 0 aromatic heterocycles. The third-order valence-electron chi connectivity index (χ3n) is 11.9. The number of carbonyl (C=O) groups is 4. The van der Waals surface area contributed by atoms with Gasteiger partial charge in [0.15, 0.2) is 24.6 Å². The van der Waals surface area contributed by atoms with Crippen LogP contribution in [0.3, 0.4) is 0 Å². The summed E-state index contributed by atoms with van der Waals surface area (Å²) in [6, 6.07) is 0. The molecule has 0 radical (unpaired) electrons. The second kappa shape index (κ2) is 48.3. The Morgan fingerprint density at radius 3 is 1.36 bits per heavy atom. The molecule has 0 aliphatic carbocycles. The van der Waals surface area contributed by atoms with Crippen LogP contribution < -0.4 is 0 Å². The number of ether oxygens (including phenoxy) is 5. The van der Waals surface area contributed by atoms with Gasteiger partial charge in [0.2, 0.25) is 0 Å². The van der Waals surface area contributed by atoms with Crippen LogP contribution in [0.15, 0.2) is 109 Å². The summed E-state index contributed by atoms with van der Waals surface area (Å²) < 4.78 is 28.1. The second-order valence-corrected chi connectivity index (χ2v) is 18.5. The van der Waals surface area contributed by atoms with E-state index in [2.05, 4.69) is 87.6 Å². The van der Waals surface area contributed by atoms with Crippen LogP contribution in [0.4, 0.5) is 0 Å². The minimum Gasteiger partial charge on any atom is -0.479 e. The fourth-order valence-corrected chi connectivity index (χ4v) is 7.69. The van der Waals surface area contributed by atoms with Crippen molar-refractivity contribution in [3.63, 3.8) is 0 Å². The Morgan fingerprint density at radius 1 is 0.479 bits per heavy atom. The Balaban J connectivity index is 2.80. The van der Waals surface area contributed by atoms with Crippen LogP contribution in [0.1, 0.15) is 201 Å². The molecule has 0 bridgehead atoms. The quantitative estimate of drug-likeness (QED) is 0.0228. The number of aliphatic hydroxyl groups is 2. The molecule has 73 heavy (non-hydrogen) atoms. The van der Waals surface area contributed by atoms with E-state index in [9.17, 15) is 34.5 Å². The molecule has 12 nitrogen and oxygen atoms in total. The van der Waals surface area contributed by atoms with Crippen molar-refractivity contribution >= 4 is 23.9 Å². The summed E-state index contributed by atoms with van der Waals surface area (Å²) in [6.07, 6.45) is 52.6. The Morgan fingerprint density at radius 2 is 0.904 bits per heavy atom. The van der Waals surface area contributed by atoms with Gasteiger partial charge in [0.05, 0.1) is 13.0 Å². The predicted octanol–water partition coefficient (Wildman–Crippen LogP) is 13.9. The van der Waals surface area contributed by atoms with Gasteiger partial charge < -0.3 is 39.0 Å². The number of unbranched alkanes of at least 4 members (excludes halogenated alkanes) is 14. The van der Waals surface area contributed by atoms with Gasteiger partial charge in [-0.25, -0.2) is 4.79 Å². The fraction of sp³-hybridized carbons (Fsp3) is 0.639. The standard InChI is InChI=1S/C61H96O12/c1-4-7-10-13-16-19-22-25-27-30-32-35-38-41-44-47-53(62)69-50-52(71-54(63)48-45-42-39-36-33-29-24-21-18-15-12-9-6-3)51-70-61-59(57(66)56(65)58(73-61)60(67)68)72-55(64)49-46-43-40-37-34-31-28-26-23-20-17-14-11-8-5-2/h7,9-10,12,16,18-19,21,25,27,29,32-33,35,39,41-42,44,52,56-59,61,65-66H,4-6,8,11,13-15,17,20,22-24,26,28,30-31,34,36-38,40,43,45-51H2,1-3H3,(H,67,68)/b10-7-,12-9-,19-16-,21-18-,27-25-,33-29-,35-32-,42-39-,44-41-. The van der Waals surface area contributed by atoms with Gasteiger partial charge in [0, 0.05) is 12.8 Å². The summed E-state index contributed by atoms with van der Waals surface area (Å²) in [5.74, 6) is -3.41. The molecule has 0 amide bonds. The number of rotatable bonds is 45. The molecule has 1 aliphatic heterocycles. The first-order valence-corrected chi connectivity index (χ1v) is 27.9. The highest BCUT2D eigenvalue weighted by Crippen LogP contribution is 2.26. The van der Waals surface area contributed by atoms with Crippen LogP contribution in [0.5, 0.6) is 0 Å². The SMILES string of the molecule is CC/C=C\C/C=C\C/C=C\C/C=C\C/C=C\CC(=O)OCC(COC1OC(C(=O)O)C(O)C(O)C1OC(=O)CCCCCCCCCCCCCCCCC)OC(=O)CC/C=C\C/C=C\C/C=C\C/C=C\CC. The van der Waals surface area contributed by atoms with E-state index in [4.69, 9.17) is 23.7 Å². The molecule has 6 atom stereocenters. The van der Waals surface area contributed by atoms with Crippen LogP contribution in [-0.2, 0) is 42.9 Å². The number of carbonyl (C=O) groups excluding carboxylic acids is 3. The molecule has 12 heteroatoms. The molecule has 1 fully saturated rings. The number of hydrogen-bond acceptors (Lipinski definition) is 11. The molecule has 6 unspecified atom stereocenters. The topological polar surface area (TPSA) is 175 Å². The van der Waals surface area contributed by atoms with Gasteiger partial charge in [-0.05, 0) is 70.6 Å². The van der Waals surface area contributed by atoms with Crippen molar-refractivity contribution in [2.24, 2.45) is 0 Å². The number of esters is 3. The molecule has 1 saturated heterocycles. The van der Waals surface area contributed by atoms with Crippen molar-refractivity contribution in [3.05, 3.63) is 109 Å². The summed E-state index contributed by atoms with van der Waals surface area (Å²) in [7, 11) is 0. The average molecular weight is 1020 g/mol. The van der Waals surface area contributed by atoms with Gasteiger partial charge in [-0.2, -0.15) is 0 Å². The van der Waals surface area contributed by atoms with Crippen LogP contribution in [-0.4, -0.2) is 89.2 Å². The maximum Gasteiger partial charge on any atom is 0.335 e. The molecular weight excluding hydrogens is 925 g/mol. The van der Waals surface area contributed by atoms with Gasteiger partial charge in [0.1, 0.15) is 18.8 Å². The van der Waals surface area contributed by atoms with E-state index < -0.39 is 73.9 Å². The third kappa shape index (κ3) is 38.6. The molecule has 0 aromatic carbocycles. The van der Waals surface area contributed by atoms with Gasteiger partial charge in [-0.1, -0.05) is 220 Å². The van der Waals surface area contributed by atoms with E-state index in [0.29, 0.717) is 25.7 Å². The highest BCUT2D eigenvalue weighted by molar-refractivity contribution is 5.74. The molecule has 0 saturated carbocycles. The monoisotopic (exact) mass is 1020 g/mol. The fourth-order valence-electron chi connectivity index (χ4n) is 7.69. The highest BCUT2D eigenvalue weighted by atomic mass is 16.7. The molecular formula is C61H96O12. The van der Waals surface area contributed by atoms with Crippen LogP contribution in [0, 0.1) is 0 Å².